The molecule has 6 atom stereocenters. The Morgan fingerprint density at radius 3 is 2.78 bits per heavy atom. The van der Waals surface area contributed by atoms with E-state index in [4.69, 9.17) is 14.2 Å². The molecule has 3 saturated heterocycles. The van der Waals surface area contributed by atoms with Gasteiger partial charge in [-0.3, -0.25) is 0 Å². The lowest BCUT2D eigenvalue weighted by molar-refractivity contribution is -0.165. The summed E-state index contributed by atoms with van der Waals surface area (Å²) in [6, 6.07) is 0. The van der Waals surface area contributed by atoms with Crippen LogP contribution >= 0.6 is 0 Å². The molecule has 0 amide bonds. The van der Waals surface area contributed by atoms with E-state index >= 15 is 0 Å². The predicted octanol–water partition coefficient (Wildman–Crippen LogP) is 2.67. The van der Waals surface area contributed by atoms with Gasteiger partial charge < -0.3 is 14.2 Å². The number of epoxide rings is 1. The van der Waals surface area contributed by atoms with E-state index in [1.807, 2.05) is 0 Å². The minimum Gasteiger partial charge on any atom is -0.375 e. The quantitative estimate of drug-likeness (QED) is 0.724. The Bertz CT molecular complexity index is 306. The summed E-state index contributed by atoms with van der Waals surface area (Å²) in [6.07, 6.45) is 12.5. The van der Waals surface area contributed by atoms with E-state index in [9.17, 15) is 0 Å². The molecule has 4 aliphatic rings. The summed E-state index contributed by atoms with van der Waals surface area (Å²) in [4.78, 5) is 0. The van der Waals surface area contributed by atoms with Crippen LogP contribution in [0.2, 0.25) is 0 Å². The fraction of sp³-hybridized carbons (Fsp3) is 1.00. The van der Waals surface area contributed by atoms with Crippen molar-refractivity contribution >= 4 is 0 Å². The van der Waals surface area contributed by atoms with Gasteiger partial charge in [0.05, 0.1) is 30.5 Å². The van der Waals surface area contributed by atoms with Crippen molar-refractivity contribution in [3.63, 3.8) is 0 Å². The van der Waals surface area contributed by atoms with Gasteiger partial charge in [0.25, 0.3) is 0 Å². The van der Waals surface area contributed by atoms with Crippen molar-refractivity contribution in [1.29, 1.82) is 0 Å². The Labute approximate surface area is 109 Å². The molecule has 0 aromatic carbocycles. The smallest absolute Gasteiger partial charge is 0.0845 e. The van der Waals surface area contributed by atoms with Gasteiger partial charge in [0.1, 0.15) is 0 Å². The van der Waals surface area contributed by atoms with Crippen molar-refractivity contribution < 1.29 is 14.2 Å². The summed E-state index contributed by atoms with van der Waals surface area (Å²) in [7, 11) is 0. The van der Waals surface area contributed by atoms with Gasteiger partial charge in [0.15, 0.2) is 0 Å². The molecule has 3 aliphatic heterocycles. The average molecular weight is 252 g/mol. The number of hydrogen-bond donors (Lipinski definition) is 0. The van der Waals surface area contributed by atoms with Crippen molar-refractivity contribution in [2.24, 2.45) is 5.92 Å². The minimum absolute atomic E-state index is 0.374. The van der Waals surface area contributed by atoms with Crippen LogP contribution in [0.25, 0.3) is 0 Å². The molecule has 1 saturated carbocycles. The van der Waals surface area contributed by atoms with Crippen LogP contribution < -0.4 is 0 Å². The molecule has 2 bridgehead atoms. The molecule has 3 heterocycles. The third kappa shape index (κ3) is 2.33. The summed E-state index contributed by atoms with van der Waals surface area (Å²) < 4.78 is 17.8. The highest BCUT2D eigenvalue weighted by molar-refractivity contribution is 4.92. The molecule has 0 spiro atoms. The first-order chi connectivity index (χ1) is 8.88. The molecule has 18 heavy (non-hydrogen) atoms. The molecule has 0 N–H and O–H groups in total. The molecule has 0 aromatic rings. The number of fused-ring (bicyclic) bond motifs is 3. The zero-order valence-corrected chi connectivity index (χ0v) is 11.1. The monoisotopic (exact) mass is 252 g/mol. The van der Waals surface area contributed by atoms with Crippen LogP contribution in [-0.4, -0.2) is 37.1 Å². The van der Waals surface area contributed by atoms with E-state index in [1.165, 1.54) is 51.4 Å². The largest absolute Gasteiger partial charge is 0.375 e. The lowest BCUT2D eigenvalue weighted by atomic mass is 9.88. The lowest BCUT2D eigenvalue weighted by Crippen LogP contribution is -2.44. The van der Waals surface area contributed by atoms with Crippen LogP contribution in [0.4, 0.5) is 0 Å². The van der Waals surface area contributed by atoms with Crippen molar-refractivity contribution in [1.82, 2.24) is 0 Å². The van der Waals surface area contributed by atoms with Gasteiger partial charge in [-0.25, -0.2) is 0 Å². The van der Waals surface area contributed by atoms with E-state index in [-0.39, 0.29) is 0 Å². The molecule has 6 unspecified atom stereocenters. The van der Waals surface area contributed by atoms with Crippen molar-refractivity contribution in [2.45, 2.75) is 81.9 Å². The van der Waals surface area contributed by atoms with Crippen molar-refractivity contribution in [3.05, 3.63) is 0 Å². The molecular weight excluding hydrogens is 228 g/mol. The maximum absolute atomic E-state index is 6.19. The molecular formula is C15H24O3. The van der Waals surface area contributed by atoms with Crippen LogP contribution in [0.5, 0.6) is 0 Å². The van der Waals surface area contributed by atoms with Gasteiger partial charge in [-0.2, -0.15) is 0 Å². The third-order valence-corrected chi connectivity index (χ3v) is 5.23. The first-order valence-corrected chi connectivity index (χ1v) is 7.81. The van der Waals surface area contributed by atoms with Crippen LogP contribution in [0, 0.1) is 5.92 Å². The maximum Gasteiger partial charge on any atom is 0.0845 e. The third-order valence-electron chi connectivity index (χ3n) is 5.23. The zero-order chi connectivity index (χ0) is 11.9. The molecule has 4 rings (SSSR count). The molecule has 3 heteroatoms. The highest BCUT2D eigenvalue weighted by Gasteiger charge is 2.44. The van der Waals surface area contributed by atoms with Gasteiger partial charge in [0.2, 0.25) is 0 Å². The number of hydrogen-bond acceptors (Lipinski definition) is 3. The number of rotatable bonds is 3. The normalized spacial score (nSPS) is 50.7. The van der Waals surface area contributed by atoms with E-state index in [2.05, 4.69) is 0 Å². The number of ether oxygens (including phenoxy) is 3. The van der Waals surface area contributed by atoms with E-state index in [0.717, 1.165) is 12.5 Å². The topological polar surface area (TPSA) is 31.0 Å². The molecule has 1 aliphatic carbocycles. The maximum atomic E-state index is 6.19. The highest BCUT2D eigenvalue weighted by atomic mass is 16.6. The summed E-state index contributed by atoms with van der Waals surface area (Å²) in [6.45, 7) is 0.932. The summed E-state index contributed by atoms with van der Waals surface area (Å²) in [5.74, 6) is 0.732. The second-order valence-corrected chi connectivity index (χ2v) is 6.57. The van der Waals surface area contributed by atoms with Gasteiger partial charge in [-0.15, -0.1) is 0 Å². The van der Waals surface area contributed by atoms with Gasteiger partial charge in [0, 0.05) is 6.61 Å². The highest BCUT2D eigenvalue weighted by Crippen LogP contribution is 2.40. The summed E-state index contributed by atoms with van der Waals surface area (Å²) in [5, 5.41) is 0. The first kappa shape index (κ1) is 11.7. The van der Waals surface area contributed by atoms with Crippen LogP contribution in [0.15, 0.2) is 0 Å². The Hall–Kier alpha value is -0.120. The Morgan fingerprint density at radius 1 is 0.833 bits per heavy atom. The second-order valence-electron chi connectivity index (χ2n) is 6.57. The summed E-state index contributed by atoms with van der Waals surface area (Å²) in [5.41, 5.74) is 0. The Morgan fingerprint density at radius 2 is 1.83 bits per heavy atom. The molecule has 4 fully saturated rings. The Kier molecular flexibility index (Phi) is 3.10. The molecule has 3 nitrogen and oxygen atoms in total. The fourth-order valence-corrected chi connectivity index (χ4v) is 4.04. The van der Waals surface area contributed by atoms with E-state index in [1.54, 1.807) is 0 Å². The van der Waals surface area contributed by atoms with E-state index < -0.39 is 0 Å². The van der Waals surface area contributed by atoms with Crippen LogP contribution in [0.1, 0.15) is 51.4 Å². The Balaban J connectivity index is 1.26. The van der Waals surface area contributed by atoms with Crippen molar-refractivity contribution in [3.8, 4) is 0 Å². The fourth-order valence-electron chi connectivity index (χ4n) is 4.04. The van der Waals surface area contributed by atoms with Gasteiger partial charge in [-0.05, 0) is 57.3 Å². The standard InChI is InChI=1S/C15H24O3/c1-2-11-5-7-12(13(3-1)17-11)16-9-10-4-6-14-15(8-10)18-14/h10-15H,1-9H2. The van der Waals surface area contributed by atoms with Gasteiger partial charge in [-0.1, -0.05) is 0 Å². The lowest BCUT2D eigenvalue weighted by Gasteiger charge is -2.40. The zero-order valence-electron chi connectivity index (χ0n) is 11.1. The molecule has 102 valence electrons. The molecule has 0 aromatic heterocycles. The molecule has 0 radical (unpaired) electrons. The SMILES string of the molecule is C1CC2CCC(OCC3CCC4OC4C3)C(C1)O2. The summed E-state index contributed by atoms with van der Waals surface area (Å²) >= 11 is 0. The second kappa shape index (κ2) is 4.77. The van der Waals surface area contributed by atoms with Crippen LogP contribution in [0.3, 0.4) is 0 Å². The van der Waals surface area contributed by atoms with Crippen LogP contribution in [-0.2, 0) is 14.2 Å². The van der Waals surface area contributed by atoms with Gasteiger partial charge >= 0.3 is 0 Å². The average Bonchev–Trinajstić information content (AvgIpc) is 3.17. The first-order valence-electron chi connectivity index (χ1n) is 7.81. The predicted molar refractivity (Wildman–Crippen MR) is 67.5 cm³/mol. The minimum atomic E-state index is 0.374. The van der Waals surface area contributed by atoms with Crippen molar-refractivity contribution in [2.75, 3.05) is 6.61 Å². The van der Waals surface area contributed by atoms with E-state index in [0.29, 0.717) is 30.5 Å².